The maximum atomic E-state index is 12.5. The van der Waals surface area contributed by atoms with Crippen molar-refractivity contribution in [3.63, 3.8) is 0 Å². The van der Waals surface area contributed by atoms with Gasteiger partial charge in [0.15, 0.2) is 11.5 Å². The lowest BCUT2D eigenvalue weighted by Crippen LogP contribution is -2.26. The minimum absolute atomic E-state index is 0.0606. The molecule has 1 aromatic heterocycles. The van der Waals surface area contributed by atoms with Crippen LogP contribution in [0.25, 0.3) is 11.3 Å². The average Bonchev–Trinajstić information content (AvgIpc) is 3.12. The topological polar surface area (TPSA) is 55.6 Å². The lowest BCUT2D eigenvalue weighted by atomic mass is 10.1. The van der Waals surface area contributed by atoms with Gasteiger partial charge in [0.1, 0.15) is 5.75 Å². The molecule has 2 aromatic carbocycles. The second-order valence-corrected chi connectivity index (χ2v) is 6.21. The van der Waals surface area contributed by atoms with E-state index in [1.54, 1.807) is 49.5 Å². The zero-order chi connectivity index (χ0) is 19.4. The van der Waals surface area contributed by atoms with Crippen molar-refractivity contribution < 1.29 is 22.8 Å². The van der Waals surface area contributed by atoms with Gasteiger partial charge in [-0.05, 0) is 29.8 Å². The summed E-state index contributed by atoms with van der Waals surface area (Å²) in [6.07, 6.45) is 0. The van der Waals surface area contributed by atoms with Gasteiger partial charge in [0.25, 0.3) is 5.91 Å². The zero-order valence-electron chi connectivity index (χ0n) is 14.2. The number of halogens is 3. The Kier molecular flexibility index (Phi) is 5.71. The predicted octanol–water partition coefficient (Wildman–Crippen LogP) is 4.87. The van der Waals surface area contributed by atoms with Gasteiger partial charge < -0.3 is 14.2 Å². The zero-order valence-corrected chi connectivity index (χ0v) is 15.0. The molecule has 3 rings (SSSR count). The Morgan fingerprint density at radius 1 is 1.22 bits per heavy atom. The van der Waals surface area contributed by atoms with E-state index in [4.69, 9.17) is 16.1 Å². The SMILES string of the molecule is CN(Cc1ccc(OC(F)F)cc1)C(=O)c1cc(-c2cccc(Cl)c2)on1. The highest BCUT2D eigenvalue weighted by molar-refractivity contribution is 6.30. The molecular weight excluding hydrogens is 378 g/mol. The summed E-state index contributed by atoms with van der Waals surface area (Å²) in [6.45, 7) is -2.60. The van der Waals surface area contributed by atoms with Crippen molar-refractivity contribution in [2.24, 2.45) is 0 Å². The van der Waals surface area contributed by atoms with Gasteiger partial charge in [0.2, 0.25) is 0 Å². The molecule has 0 aliphatic carbocycles. The molecule has 8 heteroatoms. The highest BCUT2D eigenvalue weighted by Crippen LogP contribution is 2.24. The number of hydrogen-bond acceptors (Lipinski definition) is 4. The van der Waals surface area contributed by atoms with E-state index >= 15 is 0 Å². The van der Waals surface area contributed by atoms with Crippen molar-refractivity contribution in [1.82, 2.24) is 10.1 Å². The van der Waals surface area contributed by atoms with E-state index in [1.165, 1.54) is 17.0 Å². The number of rotatable bonds is 6. The molecule has 0 unspecified atom stereocenters. The van der Waals surface area contributed by atoms with Gasteiger partial charge in [-0.2, -0.15) is 8.78 Å². The molecule has 0 aliphatic rings. The molecule has 3 aromatic rings. The molecule has 1 heterocycles. The second-order valence-electron chi connectivity index (χ2n) is 5.77. The largest absolute Gasteiger partial charge is 0.435 e. The van der Waals surface area contributed by atoms with E-state index in [9.17, 15) is 13.6 Å². The van der Waals surface area contributed by atoms with E-state index in [1.807, 2.05) is 0 Å². The van der Waals surface area contributed by atoms with Crippen LogP contribution < -0.4 is 4.74 Å². The van der Waals surface area contributed by atoms with Crippen LogP contribution in [0.4, 0.5) is 8.78 Å². The first kappa shape index (κ1) is 18.8. The standard InChI is InChI=1S/C19H15ClF2N2O3/c1-24(11-12-5-7-15(8-6-12)26-19(21)22)18(25)16-10-17(27-23-16)13-3-2-4-14(20)9-13/h2-10,19H,11H2,1H3. The number of alkyl halides is 2. The number of carbonyl (C=O) groups excluding carboxylic acids is 1. The van der Waals surface area contributed by atoms with Crippen LogP contribution in [0.15, 0.2) is 59.1 Å². The minimum Gasteiger partial charge on any atom is -0.435 e. The van der Waals surface area contributed by atoms with Gasteiger partial charge in [0, 0.05) is 30.2 Å². The average molecular weight is 393 g/mol. The summed E-state index contributed by atoms with van der Waals surface area (Å²) in [5.41, 5.74) is 1.63. The Morgan fingerprint density at radius 2 is 1.96 bits per heavy atom. The quantitative estimate of drug-likeness (QED) is 0.600. The highest BCUT2D eigenvalue weighted by Gasteiger charge is 2.18. The molecule has 1 amide bonds. The molecule has 0 saturated heterocycles. The van der Waals surface area contributed by atoms with E-state index < -0.39 is 6.61 Å². The monoisotopic (exact) mass is 392 g/mol. The maximum absolute atomic E-state index is 12.5. The number of ether oxygens (including phenoxy) is 1. The van der Waals surface area contributed by atoms with Gasteiger partial charge >= 0.3 is 6.61 Å². The number of amides is 1. The van der Waals surface area contributed by atoms with E-state index in [-0.39, 0.29) is 23.9 Å². The molecule has 27 heavy (non-hydrogen) atoms. The summed E-state index contributed by atoms with van der Waals surface area (Å²) in [7, 11) is 1.61. The molecule has 0 N–H and O–H groups in total. The van der Waals surface area contributed by atoms with Gasteiger partial charge in [-0.15, -0.1) is 0 Å². The number of benzene rings is 2. The molecule has 0 bridgehead atoms. The van der Waals surface area contributed by atoms with Crippen molar-refractivity contribution in [2.45, 2.75) is 13.2 Å². The molecule has 0 aliphatic heterocycles. The van der Waals surface area contributed by atoms with Crippen LogP contribution in [0.2, 0.25) is 5.02 Å². The fourth-order valence-electron chi connectivity index (χ4n) is 2.47. The van der Waals surface area contributed by atoms with Crippen LogP contribution in [0.1, 0.15) is 16.1 Å². The number of aromatic nitrogens is 1. The van der Waals surface area contributed by atoms with Crippen molar-refractivity contribution in [1.29, 1.82) is 0 Å². The van der Waals surface area contributed by atoms with Crippen LogP contribution in [-0.2, 0) is 6.54 Å². The molecule has 140 valence electrons. The maximum Gasteiger partial charge on any atom is 0.387 e. The third-order valence-corrected chi connectivity index (χ3v) is 3.99. The number of nitrogens with zero attached hydrogens (tertiary/aromatic N) is 2. The Hall–Kier alpha value is -2.93. The molecular formula is C19H15ClF2N2O3. The van der Waals surface area contributed by atoms with Crippen LogP contribution in [0.5, 0.6) is 5.75 Å². The second kappa shape index (κ2) is 8.18. The first-order valence-corrected chi connectivity index (χ1v) is 8.32. The number of carbonyl (C=O) groups is 1. The Labute approximate surface area is 159 Å². The van der Waals surface area contributed by atoms with Gasteiger partial charge in [-0.3, -0.25) is 4.79 Å². The van der Waals surface area contributed by atoms with Crippen molar-refractivity contribution in [3.8, 4) is 17.1 Å². The normalized spacial score (nSPS) is 10.9. The lowest BCUT2D eigenvalue weighted by molar-refractivity contribution is -0.0498. The fraction of sp³-hybridized carbons (Fsp3) is 0.158. The van der Waals surface area contributed by atoms with Crippen LogP contribution >= 0.6 is 11.6 Å². The third-order valence-electron chi connectivity index (χ3n) is 3.75. The van der Waals surface area contributed by atoms with E-state index in [0.29, 0.717) is 16.3 Å². The summed E-state index contributed by atoms with van der Waals surface area (Å²) >= 11 is 5.96. The molecule has 0 saturated carbocycles. The van der Waals surface area contributed by atoms with Crippen molar-refractivity contribution in [3.05, 3.63) is 70.9 Å². The Bertz CT molecular complexity index is 929. The van der Waals surface area contributed by atoms with Crippen molar-refractivity contribution in [2.75, 3.05) is 7.05 Å². The van der Waals surface area contributed by atoms with Gasteiger partial charge in [-0.25, -0.2) is 0 Å². The Balaban J connectivity index is 1.67. The highest BCUT2D eigenvalue weighted by atomic mass is 35.5. The Morgan fingerprint density at radius 3 is 2.63 bits per heavy atom. The molecule has 0 radical (unpaired) electrons. The first-order valence-electron chi connectivity index (χ1n) is 7.94. The summed E-state index contributed by atoms with van der Waals surface area (Å²) in [5, 5.41) is 4.37. The van der Waals surface area contributed by atoms with Crippen molar-refractivity contribution >= 4 is 17.5 Å². The molecule has 0 spiro atoms. The first-order chi connectivity index (χ1) is 12.9. The molecule has 0 atom stereocenters. The summed E-state index contributed by atoms with van der Waals surface area (Å²) in [6, 6.07) is 14.6. The van der Waals surface area contributed by atoms with Crippen LogP contribution in [-0.4, -0.2) is 29.6 Å². The summed E-state index contributed by atoms with van der Waals surface area (Å²) in [5.74, 6) is 0.160. The summed E-state index contributed by atoms with van der Waals surface area (Å²) in [4.78, 5) is 14.0. The number of hydrogen-bond donors (Lipinski definition) is 0. The smallest absolute Gasteiger partial charge is 0.387 e. The lowest BCUT2D eigenvalue weighted by Gasteiger charge is -2.16. The fourth-order valence-corrected chi connectivity index (χ4v) is 2.66. The third kappa shape index (κ3) is 4.83. The van der Waals surface area contributed by atoms with E-state index in [2.05, 4.69) is 9.89 Å². The van der Waals surface area contributed by atoms with Gasteiger partial charge in [-0.1, -0.05) is 41.0 Å². The van der Waals surface area contributed by atoms with Crippen LogP contribution in [0, 0.1) is 0 Å². The van der Waals surface area contributed by atoms with E-state index in [0.717, 1.165) is 5.56 Å². The van der Waals surface area contributed by atoms with Crippen LogP contribution in [0.3, 0.4) is 0 Å². The summed E-state index contributed by atoms with van der Waals surface area (Å²) < 4.78 is 33.9. The predicted molar refractivity (Wildman–Crippen MR) is 95.8 cm³/mol. The minimum atomic E-state index is -2.87. The molecule has 5 nitrogen and oxygen atoms in total. The molecule has 0 fully saturated rings. The van der Waals surface area contributed by atoms with Gasteiger partial charge in [0.05, 0.1) is 0 Å².